The number of alkyl carbamates (subject to hydrolysis) is 1. The minimum absolute atomic E-state index is 0.00400. The molecule has 3 aromatic carbocycles. The van der Waals surface area contributed by atoms with E-state index < -0.39 is 107 Å². The quantitative estimate of drug-likeness (QED) is 0.0691. The molecule has 14 atom stereocenters. The molecule has 2 aliphatic heterocycles. The minimum atomic E-state index is -1.98. The summed E-state index contributed by atoms with van der Waals surface area (Å²) in [5, 5.41) is 86.9. The van der Waals surface area contributed by atoms with Crippen LogP contribution >= 0.6 is 0 Å². The zero-order valence-electron chi connectivity index (χ0n) is 46.4. The van der Waals surface area contributed by atoms with Crippen LogP contribution in [-0.4, -0.2) is 159 Å². The summed E-state index contributed by atoms with van der Waals surface area (Å²) in [7, 11) is 0. The van der Waals surface area contributed by atoms with Crippen LogP contribution in [-0.2, 0) is 55.9 Å². The number of allylic oxidation sites excluding steroid dienone is 4. The van der Waals surface area contributed by atoms with Crippen molar-refractivity contribution in [2.45, 2.75) is 144 Å². The summed E-state index contributed by atoms with van der Waals surface area (Å²) in [6.45, 7) is 2.97. The molecule has 1 aromatic heterocycles. The Balaban J connectivity index is 0.641. The smallest absolute Gasteiger partial charge is 0.407 e. The number of aliphatic carboxylic acids is 1. The van der Waals surface area contributed by atoms with Crippen molar-refractivity contribution in [3.63, 3.8) is 0 Å². The molecule has 3 heterocycles. The van der Waals surface area contributed by atoms with Crippen LogP contribution in [0.3, 0.4) is 0 Å². The summed E-state index contributed by atoms with van der Waals surface area (Å²) < 4.78 is 36.6. The molecule has 1 unspecified atom stereocenters. The number of carbonyl (C=O) groups excluding carboxylic acids is 5. The van der Waals surface area contributed by atoms with E-state index in [0.29, 0.717) is 65.9 Å². The third-order valence-corrected chi connectivity index (χ3v) is 19.0. The van der Waals surface area contributed by atoms with Gasteiger partial charge in [-0.3, -0.25) is 19.2 Å². The van der Waals surface area contributed by atoms with E-state index in [4.69, 9.17) is 28.4 Å². The van der Waals surface area contributed by atoms with Crippen LogP contribution in [0.15, 0.2) is 96.9 Å². The van der Waals surface area contributed by atoms with Crippen molar-refractivity contribution in [1.29, 1.82) is 0 Å². The summed E-state index contributed by atoms with van der Waals surface area (Å²) >= 11 is 0. The number of nitrogens with one attached hydrogen (secondary N) is 3. The molecule has 8 fully saturated rings. The first kappa shape index (κ1) is 57.8. The maximum atomic E-state index is 14.0. The number of hydrogen-bond donors (Lipinski definition) is 9. The van der Waals surface area contributed by atoms with E-state index in [2.05, 4.69) is 43.3 Å². The van der Waals surface area contributed by atoms with Gasteiger partial charge in [-0.05, 0) is 85.1 Å². The Morgan fingerprint density at radius 3 is 2.31 bits per heavy atom. The predicted molar refractivity (Wildman–Crippen MR) is 291 cm³/mol. The standard InChI is InChI=1S/C60H65N7O18/c1-56-17-15-35(69)21-34(56)10-13-37-38-22-43-60(42(71)24-68,57(38,2)23-40(70)46(37)56)85-53(82-43)33-8-11-36(12-9-33)84-59-26-58(27-59,28-59)65-55(79)80-25-31-5-14-41(81-54-49(76)47(74)48(75)50(83-54)52(77)78)39(19-31)64-44(72)16-18-61-45(73)20-30-3-6-32(7-4-30)51-66-62-29-63-67-51/h3-9,11-12,14-15,17,19,21,29,37-38,40,43,46-50,53-54,68,70,74-76H,10,13,16,18,20,22-28H2,1-2H3,(H,61,73)(H,64,72)(H,65,79)(H,77,78)/t37-,38-,40-,43?,46+,47-,48-,49+,50-,53+,54+,56-,57-,58?,59?,60+/m0/s1. The van der Waals surface area contributed by atoms with Crippen LogP contribution in [0.1, 0.15) is 88.2 Å². The number of Topliss-reactive ketones (excluding diaryl/α,β-unsaturated/α-hetero) is 1. The number of amides is 3. The second-order valence-electron chi connectivity index (χ2n) is 24.3. The SMILES string of the molecule is C[C@]12C=CC(=O)C=C1CC[C@@H]1[C@@H]2[C@@H](O)C[C@@]2(C)[C@H]1CC1O[C@@H](c3ccc(OC45CC(NC(=O)OCc6ccc(O[C@@H]7O[C@H](C(=O)O)[C@@H](O)[C@H](O)[C@H]7O)c(NC(=O)CCNC(=O)Cc7ccc(-c8nncnn8)cc7)c6)(C4)C5)cc3)O[C@]12C(=O)CO. The molecule has 4 aromatic rings. The van der Waals surface area contributed by atoms with E-state index in [1.807, 2.05) is 25.1 Å². The Morgan fingerprint density at radius 1 is 0.859 bits per heavy atom. The Labute approximate surface area is 486 Å². The number of nitrogens with zero attached hydrogens (tertiary/aromatic N) is 4. The molecule has 2 saturated heterocycles. The van der Waals surface area contributed by atoms with Gasteiger partial charge >= 0.3 is 12.1 Å². The lowest BCUT2D eigenvalue weighted by molar-refractivity contribution is -0.271. The topological polar surface area (TPSA) is 367 Å². The van der Waals surface area contributed by atoms with Crippen LogP contribution in [0, 0.1) is 28.6 Å². The van der Waals surface area contributed by atoms with Crippen molar-refractivity contribution in [2.24, 2.45) is 28.6 Å². The number of aliphatic hydroxyl groups excluding tert-OH is 5. The molecule has 0 radical (unpaired) electrons. The predicted octanol–water partition coefficient (Wildman–Crippen LogP) is 2.48. The Kier molecular flexibility index (Phi) is 15.0. The summed E-state index contributed by atoms with van der Waals surface area (Å²) in [5.41, 5.74) is -0.607. The van der Waals surface area contributed by atoms with Crippen molar-refractivity contribution in [3.8, 4) is 22.9 Å². The number of carboxylic acids is 1. The largest absolute Gasteiger partial charge is 0.487 e. The highest BCUT2D eigenvalue weighted by atomic mass is 16.7. The number of ketones is 2. The van der Waals surface area contributed by atoms with Gasteiger partial charge in [0, 0.05) is 60.1 Å². The maximum Gasteiger partial charge on any atom is 0.407 e. The summed E-state index contributed by atoms with van der Waals surface area (Å²) in [5.74, 6) is -2.56. The molecule has 9 N–H and O–H groups in total. The molecule has 6 saturated carbocycles. The lowest BCUT2D eigenvalue weighted by atomic mass is 9.46. The first-order chi connectivity index (χ1) is 40.6. The highest BCUT2D eigenvalue weighted by molar-refractivity contribution is 6.01. The van der Waals surface area contributed by atoms with Gasteiger partial charge in [0.15, 0.2) is 35.9 Å². The molecule has 13 rings (SSSR count). The van der Waals surface area contributed by atoms with Gasteiger partial charge < -0.3 is 75.0 Å². The van der Waals surface area contributed by atoms with Gasteiger partial charge in [0.2, 0.25) is 23.9 Å². The van der Waals surface area contributed by atoms with E-state index in [1.165, 1.54) is 24.5 Å². The van der Waals surface area contributed by atoms with Crippen LogP contribution in [0.2, 0.25) is 0 Å². The highest BCUT2D eigenvalue weighted by Crippen LogP contribution is 2.71. The molecule has 0 spiro atoms. The number of aliphatic hydroxyl groups is 5. The molecular formula is C60H65N7O18. The molecule has 2 bridgehead atoms. The molecule has 25 heteroatoms. The zero-order chi connectivity index (χ0) is 59.8. The number of carbonyl (C=O) groups is 6. The summed E-state index contributed by atoms with van der Waals surface area (Å²) in [6.07, 6.45) is -2.81. The van der Waals surface area contributed by atoms with E-state index in [-0.39, 0.29) is 73.3 Å². The number of fused-ring (bicyclic) bond motifs is 7. The van der Waals surface area contributed by atoms with Gasteiger partial charge in [0.25, 0.3) is 0 Å². The first-order valence-electron chi connectivity index (χ1n) is 28.4. The number of anilines is 1. The van der Waals surface area contributed by atoms with E-state index in [9.17, 15) is 59.4 Å². The molecule has 7 aliphatic carbocycles. The highest BCUT2D eigenvalue weighted by Gasteiger charge is 2.76. The average Bonchev–Trinajstić information content (AvgIpc) is 1.27. The molecule has 85 heavy (non-hydrogen) atoms. The third kappa shape index (κ3) is 10.3. The van der Waals surface area contributed by atoms with Crippen molar-refractivity contribution in [2.75, 3.05) is 18.5 Å². The fourth-order valence-corrected chi connectivity index (χ4v) is 15.1. The van der Waals surface area contributed by atoms with Gasteiger partial charge in [0.05, 0.1) is 29.9 Å². The Hall–Kier alpha value is -7.62. The van der Waals surface area contributed by atoms with Crippen molar-refractivity contribution in [1.82, 2.24) is 31.0 Å². The monoisotopic (exact) mass is 1170 g/mol. The zero-order valence-corrected chi connectivity index (χ0v) is 46.4. The molecule has 3 amide bonds. The normalized spacial score (nSPS) is 35.4. The number of rotatable bonds is 18. The number of benzene rings is 3. The Morgan fingerprint density at radius 2 is 1.59 bits per heavy atom. The number of aromatic nitrogens is 4. The number of ether oxygens (including phenoxy) is 6. The fraction of sp³-hybridized carbons (Fsp3) is 0.500. The van der Waals surface area contributed by atoms with E-state index >= 15 is 0 Å². The number of carboxylic acid groups (broad SMARTS) is 1. The van der Waals surface area contributed by atoms with Crippen LogP contribution < -0.4 is 25.4 Å². The lowest BCUT2D eigenvalue weighted by Crippen LogP contribution is -2.80. The number of hydrogen-bond acceptors (Lipinski definition) is 21. The van der Waals surface area contributed by atoms with Crippen LogP contribution in [0.5, 0.6) is 11.5 Å². The lowest BCUT2D eigenvalue weighted by Gasteiger charge is -2.68. The van der Waals surface area contributed by atoms with Crippen molar-refractivity contribution in [3.05, 3.63) is 114 Å². The van der Waals surface area contributed by atoms with Crippen LogP contribution in [0.25, 0.3) is 11.4 Å². The average molecular weight is 1170 g/mol. The molecule has 25 nitrogen and oxygen atoms in total. The summed E-state index contributed by atoms with van der Waals surface area (Å²) in [6, 6.07) is 18.3. The summed E-state index contributed by atoms with van der Waals surface area (Å²) in [4.78, 5) is 77.6. The Bertz CT molecular complexity index is 3350. The van der Waals surface area contributed by atoms with Crippen molar-refractivity contribution >= 4 is 41.1 Å². The molecular weight excluding hydrogens is 1110 g/mol. The molecule has 9 aliphatic rings. The van der Waals surface area contributed by atoms with Crippen molar-refractivity contribution < 1.29 is 87.8 Å². The van der Waals surface area contributed by atoms with Gasteiger partial charge in [-0.15, -0.1) is 20.4 Å². The maximum absolute atomic E-state index is 14.0. The van der Waals surface area contributed by atoms with E-state index in [1.54, 1.807) is 48.6 Å². The van der Waals surface area contributed by atoms with Crippen LogP contribution in [0.4, 0.5) is 10.5 Å². The van der Waals surface area contributed by atoms with E-state index in [0.717, 1.165) is 12.0 Å². The second kappa shape index (κ2) is 22.0. The van der Waals surface area contributed by atoms with Gasteiger partial charge in [-0.1, -0.05) is 68.0 Å². The minimum Gasteiger partial charge on any atom is -0.487 e. The van der Waals surface area contributed by atoms with Gasteiger partial charge in [0.1, 0.15) is 48.6 Å². The first-order valence-corrected chi connectivity index (χ1v) is 28.4. The third-order valence-electron chi connectivity index (χ3n) is 19.0. The van der Waals surface area contributed by atoms with Gasteiger partial charge in [-0.2, -0.15) is 0 Å². The van der Waals surface area contributed by atoms with Gasteiger partial charge in [-0.25, -0.2) is 9.59 Å². The fourth-order valence-electron chi connectivity index (χ4n) is 15.1. The second-order valence-corrected chi connectivity index (χ2v) is 24.3. The molecule has 448 valence electrons.